The van der Waals surface area contributed by atoms with Crippen LogP contribution in [0.15, 0.2) is 24.3 Å². The van der Waals surface area contributed by atoms with E-state index in [4.69, 9.17) is 5.73 Å². The third-order valence-corrected chi connectivity index (χ3v) is 3.03. The van der Waals surface area contributed by atoms with Gasteiger partial charge in [-0.1, -0.05) is 19.1 Å². The van der Waals surface area contributed by atoms with Gasteiger partial charge in [0.05, 0.1) is 5.52 Å². The molecule has 0 bridgehead atoms. The van der Waals surface area contributed by atoms with Crippen LogP contribution in [-0.2, 0) is 4.79 Å². The minimum Gasteiger partial charge on any atom is -0.370 e. The van der Waals surface area contributed by atoms with Gasteiger partial charge in [0, 0.05) is 24.4 Å². The van der Waals surface area contributed by atoms with Gasteiger partial charge in [-0.2, -0.15) is 4.98 Å². The summed E-state index contributed by atoms with van der Waals surface area (Å²) in [6, 6.07) is 7.69. The number of carbonyl (C=O) groups is 1. The first-order chi connectivity index (χ1) is 10.1. The van der Waals surface area contributed by atoms with Crippen molar-refractivity contribution in [1.29, 1.82) is 0 Å². The molecule has 0 radical (unpaired) electrons. The lowest BCUT2D eigenvalue weighted by atomic mass is 10.2. The molecule has 21 heavy (non-hydrogen) atoms. The molecule has 1 heterocycles. The zero-order valence-corrected chi connectivity index (χ0v) is 12.4. The van der Waals surface area contributed by atoms with E-state index >= 15 is 0 Å². The number of hydrogen-bond acceptors (Lipinski definition) is 5. The van der Waals surface area contributed by atoms with Crippen molar-refractivity contribution in [2.75, 3.05) is 17.2 Å². The van der Waals surface area contributed by atoms with Crippen LogP contribution < -0.4 is 16.4 Å². The average Bonchev–Trinajstić information content (AvgIpc) is 2.44. The van der Waals surface area contributed by atoms with Gasteiger partial charge in [-0.25, -0.2) is 4.98 Å². The number of nitrogens with zero attached hydrogens (tertiary/aromatic N) is 2. The molecule has 2 aromatic rings. The molecular formula is C15H21N5O. The molecule has 1 amide bonds. The molecule has 1 atom stereocenters. The number of benzene rings is 1. The predicted octanol–water partition coefficient (Wildman–Crippen LogP) is 2.13. The molecule has 0 spiro atoms. The second kappa shape index (κ2) is 6.88. The fourth-order valence-electron chi connectivity index (χ4n) is 2.09. The highest BCUT2D eigenvalue weighted by molar-refractivity contribution is 5.90. The molecule has 0 saturated carbocycles. The summed E-state index contributed by atoms with van der Waals surface area (Å²) < 4.78 is 0. The molecule has 0 fully saturated rings. The molecule has 6 heteroatoms. The molecule has 1 aromatic carbocycles. The lowest BCUT2D eigenvalue weighted by Gasteiger charge is -2.15. The molecule has 1 unspecified atom stereocenters. The van der Waals surface area contributed by atoms with Crippen LogP contribution in [0, 0.1) is 0 Å². The number of rotatable bonds is 7. The summed E-state index contributed by atoms with van der Waals surface area (Å²) in [6.07, 6.45) is 1.26. The highest BCUT2D eigenvalue weighted by Crippen LogP contribution is 2.22. The Hall–Kier alpha value is -2.37. The highest BCUT2D eigenvalue weighted by atomic mass is 16.1. The minimum atomic E-state index is -0.335. The second-order valence-corrected chi connectivity index (χ2v) is 5.06. The third-order valence-electron chi connectivity index (χ3n) is 3.03. The summed E-state index contributed by atoms with van der Waals surface area (Å²) in [4.78, 5) is 20.0. The van der Waals surface area contributed by atoms with E-state index in [1.165, 1.54) is 0 Å². The zero-order chi connectivity index (χ0) is 15.2. The Morgan fingerprint density at radius 1 is 1.33 bits per heavy atom. The predicted molar refractivity (Wildman–Crippen MR) is 85.2 cm³/mol. The van der Waals surface area contributed by atoms with Crippen LogP contribution in [0.25, 0.3) is 10.9 Å². The lowest BCUT2D eigenvalue weighted by Crippen LogP contribution is -2.24. The summed E-state index contributed by atoms with van der Waals surface area (Å²) in [5, 5.41) is 7.35. The monoisotopic (exact) mass is 287 g/mol. The van der Waals surface area contributed by atoms with E-state index in [1.54, 1.807) is 0 Å². The molecule has 6 nitrogen and oxygen atoms in total. The maximum Gasteiger partial charge on any atom is 0.225 e. The highest BCUT2D eigenvalue weighted by Gasteiger charge is 2.11. The largest absolute Gasteiger partial charge is 0.370 e. The number of para-hydroxylation sites is 1. The zero-order valence-electron chi connectivity index (χ0n) is 12.4. The molecule has 112 valence electrons. The van der Waals surface area contributed by atoms with E-state index in [-0.39, 0.29) is 18.4 Å². The maximum absolute atomic E-state index is 11.0. The number of anilines is 2. The molecule has 0 aliphatic carbocycles. The van der Waals surface area contributed by atoms with Crippen LogP contribution in [-0.4, -0.2) is 28.5 Å². The van der Waals surface area contributed by atoms with Crippen LogP contribution in [0.2, 0.25) is 0 Å². The number of hydrogen-bond donors (Lipinski definition) is 3. The van der Waals surface area contributed by atoms with Crippen molar-refractivity contribution in [3.8, 4) is 0 Å². The number of nitrogens with two attached hydrogens (primary N) is 1. The summed E-state index contributed by atoms with van der Waals surface area (Å²) in [6.45, 7) is 4.80. The van der Waals surface area contributed by atoms with Crippen molar-refractivity contribution in [3.63, 3.8) is 0 Å². The van der Waals surface area contributed by atoms with E-state index in [1.807, 2.05) is 31.2 Å². The van der Waals surface area contributed by atoms with Crippen molar-refractivity contribution < 1.29 is 4.79 Å². The molecule has 2 rings (SSSR count). The molecule has 0 aliphatic rings. The van der Waals surface area contributed by atoms with Gasteiger partial charge in [-0.3, -0.25) is 4.79 Å². The Morgan fingerprint density at radius 2 is 2.10 bits per heavy atom. The van der Waals surface area contributed by atoms with Crippen LogP contribution >= 0.6 is 0 Å². The number of carbonyl (C=O) groups excluding carboxylic acids is 1. The van der Waals surface area contributed by atoms with E-state index < -0.39 is 0 Å². The van der Waals surface area contributed by atoms with Gasteiger partial charge in [0.1, 0.15) is 5.82 Å². The van der Waals surface area contributed by atoms with Crippen LogP contribution in [0.3, 0.4) is 0 Å². The summed E-state index contributed by atoms with van der Waals surface area (Å²) in [5.74, 6) is 0.968. The topological polar surface area (TPSA) is 92.9 Å². The molecule has 1 aromatic heterocycles. The smallest absolute Gasteiger partial charge is 0.225 e. The summed E-state index contributed by atoms with van der Waals surface area (Å²) in [7, 11) is 0. The van der Waals surface area contributed by atoms with E-state index in [2.05, 4.69) is 27.5 Å². The fourth-order valence-corrected chi connectivity index (χ4v) is 2.09. The Labute approximate surface area is 124 Å². The van der Waals surface area contributed by atoms with Crippen molar-refractivity contribution in [1.82, 2.24) is 9.97 Å². The number of primary amides is 1. The van der Waals surface area contributed by atoms with Gasteiger partial charge < -0.3 is 16.4 Å². The van der Waals surface area contributed by atoms with Gasteiger partial charge >= 0.3 is 0 Å². The second-order valence-electron chi connectivity index (χ2n) is 5.06. The quantitative estimate of drug-likeness (QED) is 0.725. The first-order valence-corrected chi connectivity index (χ1v) is 7.15. The standard InChI is InChI=1S/C15H21N5O/c1-3-8-17-15-19-12-7-5-4-6-11(12)14(20-15)18-10(2)9-13(16)21/h4-7,10H,3,8-9H2,1-2H3,(H2,16,21)(H2,17,18,19,20). The Balaban J connectivity index is 2.32. The Bertz CT molecular complexity index is 628. The van der Waals surface area contributed by atoms with Gasteiger partial charge in [0.2, 0.25) is 11.9 Å². The van der Waals surface area contributed by atoms with Gasteiger partial charge in [-0.15, -0.1) is 0 Å². The van der Waals surface area contributed by atoms with E-state index in [0.29, 0.717) is 11.8 Å². The molecule has 0 aliphatic heterocycles. The third kappa shape index (κ3) is 4.05. The van der Waals surface area contributed by atoms with Crippen molar-refractivity contribution in [2.24, 2.45) is 5.73 Å². The van der Waals surface area contributed by atoms with Crippen molar-refractivity contribution >= 4 is 28.6 Å². The Kier molecular flexibility index (Phi) is 4.92. The minimum absolute atomic E-state index is 0.0835. The van der Waals surface area contributed by atoms with Gasteiger partial charge in [-0.05, 0) is 25.5 Å². The first kappa shape index (κ1) is 15.0. The van der Waals surface area contributed by atoms with E-state index in [9.17, 15) is 4.79 Å². The van der Waals surface area contributed by atoms with Gasteiger partial charge in [0.25, 0.3) is 0 Å². The average molecular weight is 287 g/mol. The molecule has 4 N–H and O–H groups in total. The van der Waals surface area contributed by atoms with Crippen LogP contribution in [0.4, 0.5) is 11.8 Å². The van der Waals surface area contributed by atoms with E-state index in [0.717, 1.165) is 23.9 Å². The SMILES string of the molecule is CCCNc1nc(NC(C)CC(N)=O)c2ccccc2n1. The summed E-state index contributed by atoms with van der Waals surface area (Å²) in [5.41, 5.74) is 6.09. The number of fused-ring (bicyclic) bond motifs is 1. The van der Waals surface area contributed by atoms with Gasteiger partial charge in [0.15, 0.2) is 0 Å². The lowest BCUT2D eigenvalue weighted by molar-refractivity contribution is -0.118. The molecule has 0 saturated heterocycles. The normalized spacial score (nSPS) is 12.1. The Morgan fingerprint density at radius 3 is 2.81 bits per heavy atom. The number of amides is 1. The number of nitrogens with one attached hydrogen (secondary N) is 2. The van der Waals surface area contributed by atoms with Crippen molar-refractivity contribution in [2.45, 2.75) is 32.7 Å². The maximum atomic E-state index is 11.0. The van der Waals surface area contributed by atoms with Crippen molar-refractivity contribution in [3.05, 3.63) is 24.3 Å². The summed E-state index contributed by atoms with van der Waals surface area (Å²) >= 11 is 0. The molecular weight excluding hydrogens is 266 g/mol. The fraction of sp³-hybridized carbons (Fsp3) is 0.400. The number of aromatic nitrogens is 2. The van der Waals surface area contributed by atoms with Crippen LogP contribution in [0.1, 0.15) is 26.7 Å². The first-order valence-electron chi connectivity index (χ1n) is 7.15. The van der Waals surface area contributed by atoms with Crippen LogP contribution in [0.5, 0.6) is 0 Å².